The Hall–Kier alpha value is -1.54. The van der Waals surface area contributed by atoms with Gasteiger partial charge < -0.3 is 14.6 Å². The number of ether oxygens (including phenoxy) is 2. The van der Waals surface area contributed by atoms with Gasteiger partial charge in [-0.3, -0.25) is 4.79 Å². The lowest BCUT2D eigenvalue weighted by Crippen LogP contribution is -2.18. The Kier molecular flexibility index (Phi) is 6.23. The zero-order valence-corrected chi connectivity index (χ0v) is 10.6. The van der Waals surface area contributed by atoms with E-state index in [4.69, 9.17) is 14.6 Å². The summed E-state index contributed by atoms with van der Waals surface area (Å²) in [6.45, 7) is 3.07. The number of carboxylic acids is 1. The molecule has 0 saturated heterocycles. The number of carbonyl (C=O) groups is 1. The van der Waals surface area contributed by atoms with Gasteiger partial charge in [0.2, 0.25) is 0 Å². The average molecular weight is 258 g/mol. The minimum Gasteiger partial charge on any atom is -0.481 e. The van der Waals surface area contributed by atoms with E-state index in [1.54, 1.807) is 7.11 Å². The highest BCUT2D eigenvalue weighted by Gasteiger charge is 2.18. The number of carboxylic acid groups (broad SMARTS) is 1. The summed E-state index contributed by atoms with van der Waals surface area (Å²) in [6, 6.07) is -0.251. The van der Waals surface area contributed by atoms with Gasteiger partial charge in [-0.15, -0.1) is 5.10 Å². The molecular formula is C10H18N4O4. The molecule has 1 unspecified atom stereocenters. The minimum absolute atomic E-state index is 0.00733. The highest BCUT2D eigenvalue weighted by Crippen LogP contribution is 2.16. The molecule has 0 fully saturated rings. The van der Waals surface area contributed by atoms with Gasteiger partial charge in [0.25, 0.3) is 0 Å². The fourth-order valence-electron chi connectivity index (χ4n) is 1.50. The average Bonchev–Trinajstić information content (AvgIpc) is 2.79. The van der Waals surface area contributed by atoms with Gasteiger partial charge in [0.05, 0.1) is 25.7 Å². The van der Waals surface area contributed by atoms with E-state index in [9.17, 15) is 4.79 Å². The summed E-state index contributed by atoms with van der Waals surface area (Å²) in [5.41, 5.74) is 0. The lowest BCUT2D eigenvalue weighted by atomic mass is 10.1. The molecule has 0 radical (unpaired) electrons. The third kappa shape index (κ3) is 4.38. The van der Waals surface area contributed by atoms with Crippen molar-refractivity contribution in [3.05, 3.63) is 5.82 Å². The lowest BCUT2D eigenvalue weighted by molar-refractivity contribution is -0.138. The first-order valence-electron chi connectivity index (χ1n) is 5.74. The van der Waals surface area contributed by atoms with Crippen LogP contribution in [0.1, 0.15) is 31.6 Å². The molecule has 1 aromatic heterocycles. The fourth-order valence-corrected chi connectivity index (χ4v) is 1.50. The van der Waals surface area contributed by atoms with E-state index in [-0.39, 0.29) is 19.1 Å². The largest absolute Gasteiger partial charge is 0.481 e. The van der Waals surface area contributed by atoms with Crippen LogP contribution in [-0.2, 0) is 20.9 Å². The van der Waals surface area contributed by atoms with Crippen LogP contribution in [-0.4, -0.2) is 51.6 Å². The number of methoxy groups -OCH3 is 1. The van der Waals surface area contributed by atoms with E-state index in [2.05, 4.69) is 15.5 Å². The van der Waals surface area contributed by atoms with Crippen LogP contribution in [0.4, 0.5) is 0 Å². The molecule has 8 nitrogen and oxygen atoms in total. The number of nitrogens with zero attached hydrogens (tertiary/aromatic N) is 4. The van der Waals surface area contributed by atoms with Gasteiger partial charge in [-0.25, -0.2) is 4.68 Å². The van der Waals surface area contributed by atoms with E-state index in [0.29, 0.717) is 25.5 Å². The van der Waals surface area contributed by atoms with Gasteiger partial charge in [0, 0.05) is 7.11 Å². The first-order valence-corrected chi connectivity index (χ1v) is 5.74. The monoisotopic (exact) mass is 258 g/mol. The van der Waals surface area contributed by atoms with Gasteiger partial charge in [-0.2, -0.15) is 0 Å². The second kappa shape index (κ2) is 7.72. The summed E-state index contributed by atoms with van der Waals surface area (Å²) in [4.78, 5) is 10.7. The van der Waals surface area contributed by atoms with Crippen LogP contribution in [0.15, 0.2) is 0 Å². The van der Waals surface area contributed by atoms with Crippen molar-refractivity contribution in [2.24, 2.45) is 0 Å². The van der Waals surface area contributed by atoms with Gasteiger partial charge in [0.1, 0.15) is 6.61 Å². The molecule has 1 heterocycles. The topological polar surface area (TPSA) is 99.4 Å². The molecule has 1 atom stereocenters. The summed E-state index contributed by atoms with van der Waals surface area (Å²) in [6.07, 6.45) is 0.634. The Labute approximate surface area is 105 Å². The first-order chi connectivity index (χ1) is 8.69. The standard InChI is InChI=1S/C10H18N4O4/c1-3-8(6-10(15)16)14-9(11-12-13-14)7-18-5-4-17-2/h8H,3-7H2,1-2H3,(H,15,16). The number of rotatable bonds is 9. The summed E-state index contributed by atoms with van der Waals surface area (Å²) in [7, 11) is 1.59. The Bertz CT molecular complexity index is 369. The molecule has 0 aliphatic heterocycles. The van der Waals surface area contributed by atoms with Crippen molar-refractivity contribution >= 4 is 5.97 Å². The molecule has 0 amide bonds. The Morgan fingerprint density at radius 1 is 1.50 bits per heavy atom. The predicted molar refractivity (Wildman–Crippen MR) is 60.9 cm³/mol. The highest BCUT2D eigenvalue weighted by molar-refractivity contribution is 5.67. The highest BCUT2D eigenvalue weighted by atomic mass is 16.5. The van der Waals surface area contributed by atoms with Crippen molar-refractivity contribution in [3.63, 3.8) is 0 Å². The van der Waals surface area contributed by atoms with E-state index in [0.717, 1.165) is 0 Å². The number of tetrazole rings is 1. The molecule has 0 bridgehead atoms. The summed E-state index contributed by atoms with van der Waals surface area (Å²) in [5.74, 6) is -0.345. The summed E-state index contributed by atoms with van der Waals surface area (Å²) < 4.78 is 11.7. The molecule has 1 aromatic rings. The lowest BCUT2D eigenvalue weighted by Gasteiger charge is -2.14. The molecule has 8 heteroatoms. The first kappa shape index (κ1) is 14.5. The Balaban J connectivity index is 2.59. The van der Waals surface area contributed by atoms with Gasteiger partial charge in [0.15, 0.2) is 5.82 Å². The van der Waals surface area contributed by atoms with Crippen LogP contribution in [0, 0.1) is 0 Å². The normalized spacial score (nSPS) is 12.6. The molecule has 0 saturated carbocycles. The fraction of sp³-hybridized carbons (Fsp3) is 0.800. The second-order valence-electron chi connectivity index (χ2n) is 3.75. The van der Waals surface area contributed by atoms with Crippen LogP contribution in [0.5, 0.6) is 0 Å². The molecule has 1 rings (SSSR count). The number of hydrogen-bond donors (Lipinski definition) is 1. The summed E-state index contributed by atoms with van der Waals surface area (Å²) >= 11 is 0. The molecule has 18 heavy (non-hydrogen) atoms. The molecule has 102 valence electrons. The predicted octanol–water partition coefficient (Wildman–Crippen LogP) is 0.262. The number of aliphatic carboxylic acids is 1. The van der Waals surface area contributed by atoms with Gasteiger partial charge in [-0.1, -0.05) is 6.92 Å². The number of hydrogen-bond acceptors (Lipinski definition) is 6. The Morgan fingerprint density at radius 2 is 2.28 bits per heavy atom. The van der Waals surface area contributed by atoms with Crippen molar-refractivity contribution < 1.29 is 19.4 Å². The van der Waals surface area contributed by atoms with Crippen molar-refractivity contribution in [2.45, 2.75) is 32.4 Å². The Morgan fingerprint density at radius 3 is 2.89 bits per heavy atom. The molecule has 0 aliphatic rings. The summed E-state index contributed by atoms with van der Waals surface area (Å²) in [5, 5.41) is 20.0. The molecule has 0 spiro atoms. The smallest absolute Gasteiger partial charge is 0.305 e. The van der Waals surface area contributed by atoms with E-state index < -0.39 is 5.97 Å². The maximum absolute atomic E-state index is 10.7. The van der Waals surface area contributed by atoms with Crippen LogP contribution in [0.25, 0.3) is 0 Å². The van der Waals surface area contributed by atoms with Gasteiger partial charge >= 0.3 is 5.97 Å². The quantitative estimate of drug-likeness (QED) is 0.634. The van der Waals surface area contributed by atoms with Crippen molar-refractivity contribution in [2.75, 3.05) is 20.3 Å². The van der Waals surface area contributed by atoms with Gasteiger partial charge in [-0.05, 0) is 16.8 Å². The second-order valence-corrected chi connectivity index (χ2v) is 3.75. The minimum atomic E-state index is -0.872. The van der Waals surface area contributed by atoms with Crippen molar-refractivity contribution in [3.8, 4) is 0 Å². The van der Waals surface area contributed by atoms with Crippen molar-refractivity contribution in [1.82, 2.24) is 20.2 Å². The SMILES string of the molecule is CCC(CC(=O)O)n1nnnc1COCCOC. The molecule has 0 aliphatic carbocycles. The third-order valence-corrected chi connectivity index (χ3v) is 2.45. The zero-order valence-electron chi connectivity index (χ0n) is 10.6. The maximum atomic E-state index is 10.7. The van der Waals surface area contributed by atoms with E-state index in [1.807, 2.05) is 6.92 Å². The van der Waals surface area contributed by atoms with Crippen LogP contribution in [0.2, 0.25) is 0 Å². The van der Waals surface area contributed by atoms with Crippen molar-refractivity contribution in [1.29, 1.82) is 0 Å². The van der Waals surface area contributed by atoms with E-state index >= 15 is 0 Å². The molecular weight excluding hydrogens is 240 g/mol. The van der Waals surface area contributed by atoms with Crippen LogP contribution in [0.3, 0.4) is 0 Å². The van der Waals surface area contributed by atoms with E-state index in [1.165, 1.54) is 4.68 Å². The third-order valence-electron chi connectivity index (χ3n) is 2.45. The van der Waals surface area contributed by atoms with Crippen LogP contribution >= 0.6 is 0 Å². The zero-order chi connectivity index (χ0) is 13.4. The number of aromatic nitrogens is 4. The van der Waals surface area contributed by atoms with Crippen LogP contribution < -0.4 is 0 Å². The maximum Gasteiger partial charge on any atom is 0.305 e. The molecule has 0 aromatic carbocycles. The molecule has 1 N–H and O–H groups in total.